The van der Waals surface area contributed by atoms with Gasteiger partial charge in [-0.3, -0.25) is 9.59 Å². The zero-order valence-electron chi connectivity index (χ0n) is 15.8. The van der Waals surface area contributed by atoms with Crippen molar-refractivity contribution < 1.29 is 18.7 Å². The number of amides is 2. The lowest BCUT2D eigenvalue weighted by molar-refractivity contribution is 0.0967. The Bertz CT molecular complexity index is 1120. The van der Waals surface area contributed by atoms with Gasteiger partial charge in [0.05, 0.1) is 35.8 Å². The van der Waals surface area contributed by atoms with Crippen LogP contribution in [0.1, 0.15) is 20.7 Å². The lowest BCUT2D eigenvalue weighted by Crippen LogP contribution is -2.34. The molecule has 0 atom stereocenters. The van der Waals surface area contributed by atoms with E-state index in [9.17, 15) is 9.59 Å². The summed E-state index contributed by atoms with van der Waals surface area (Å²) in [6.07, 6.45) is 2.82. The number of ether oxygens (including phenoxy) is 1. The quantitative estimate of drug-likeness (QED) is 0.602. The summed E-state index contributed by atoms with van der Waals surface area (Å²) in [6, 6.07) is 16.3. The number of carbonyl (C=O) groups is 2. The largest absolute Gasteiger partial charge is 0.472 e. The zero-order chi connectivity index (χ0) is 20.9. The third-order valence-corrected chi connectivity index (χ3v) is 5.62. The number of carbonyl (C=O) groups excluding carboxylic acids is 2. The minimum Gasteiger partial charge on any atom is -0.472 e. The van der Waals surface area contributed by atoms with E-state index in [-0.39, 0.29) is 25.0 Å². The van der Waals surface area contributed by atoms with Crippen LogP contribution in [-0.2, 0) is 4.74 Å². The van der Waals surface area contributed by atoms with Crippen LogP contribution in [0, 0.1) is 11.3 Å². The van der Waals surface area contributed by atoms with E-state index in [2.05, 4.69) is 5.32 Å². The summed E-state index contributed by atoms with van der Waals surface area (Å²) in [5, 5.41) is 11.5. The first kappa shape index (κ1) is 19.8. The van der Waals surface area contributed by atoms with E-state index in [0.29, 0.717) is 23.4 Å². The average Bonchev–Trinajstić information content (AvgIpc) is 3.26. The molecule has 0 radical (unpaired) electrons. The minimum absolute atomic E-state index is 0.0286. The van der Waals surface area contributed by atoms with Gasteiger partial charge < -0.3 is 19.4 Å². The second-order valence-corrected chi connectivity index (χ2v) is 7.50. The summed E-state index contributed by atoms with van der Waals surface area (Å²) in [4.78, 5) is 28.9. The number of rotatable bonds is 6. The second kappa shape index (κ2) is 8.86. The highest BCUT2D eigenvalue weighted by atomic mass is 32.2. The molecule has 0 bridgehead atoms. The maximum absolute atomic E-state index is 13.2. The Balaban J connectivity index is 1.66. The second-order valence-electron chi connectivity index (χ2n) is 6.41. The van der Waals surface area contributed by atoms with E-state index >= 15 is 0 Å². The van der Waals surface area contributed by atoms with Gasteiger partial charge >= 0.3 is 0 Å². The van der Waals surface area contributed by atoms with Gasteiger partial charge in [-0.15, -0.1) is 0 Å². The Labute approximate surface area is 177 Å². The van der Waals surface area contributed by atoms with Gasteiger partial charge in [-0.25, -0.2) is 0 Å². The number of hydrogen-bond donors (Lipinski definition) is 1. The van der Waals surface area contributed by atoms with Gasteiger partial charge in [0.2, 0.25) is 0 Å². The highest BCUT2D eigenvalue weighted by Gasteiger charge is 2.27. The van der Waals surface area contributed by atoms with Crippen LogP contribution in [0.25, 0.3) is 0 Å². The average molecular weight is 419 g/mol. The number of fused-ring (bicyclic) bond motifs is 2. The fraction of sp³-hybridized carbons (Fsp3) is 0.136. The van der Waals surface area contributed by atoms with Gasteiger partial charge in [-0.05, 0) is 36.4 Å². The maximum atomic E-state index is 13.2. The fourth-order valence-corrected chi connectivity index (χ4v) is 4.21. The Kier molecular flexibility index (Phi) is 5.84. The van der Waals surface area contributed by atoms with Crippen LogP contribution in [0.5, 0.6) is 0 Å². The number of nitrogens with zero attached hydrogens (tertiary/aromatic N) is 2. The highest BCUT2D eigenvalue weighted by molar-refractivity contribution is 7.99. The fourth-order valence-electron chi connectivity index (χ4n) is 3.09. The molecule has 4 rings (SSSR count). The van der Waals surface area contributed by atoms with Crippen LogP contribution in [0.4, 0.5) is 11.4 Å². The first-order valence-electron chi connectivity index (χ1n) is 9.18. The van der Waals surface area contributed by atoms with Crippen molar-refractivity contribution in [1.82, 2.24) is 0 Å². The van der Waals surface area contributed by atoms with Crippen molar-refractivity contribution in [3.63, 3.8) is 0 Å². The van der Waals surface area contributed by atoms with Gasteiger partial charge in [0.1, 0.15) is 12.9 Å². The Morgan fingerprint density at radius 1 is 1.20 bits per heavy atom. The van der Waals surface area contributed by atoms with Crippen molar-refractivity contribution in [2.45, 2.75) is 9.79 Å². The summed E-state index contributed by atoms with van der Waals surface area (Å²) in [6.45, 7) is 0.521. The molecule has 0 aliphatic carbocycles. The van der Waals surface area contributed by atoms with E-state index in [4.69, 9.17) is 14.4 Å². The molecule has 0 saturated carbocycles. The molecule has 7 nitrogen and oxygen atoms in total. The topological polar surface area (TPSA) is 95.6 Å². The van der Waals surface area contributed by atoms with Crippen molar-refractivity contribution in [2.24, 2.45) is 0 Å². The number of hydrogen-bond acceptors (Lipinski definition) is 6. The number of nitrogens with one attached hydrogen (secondary N) is 1. The summed E-state index contributed by atoms with van der Waals surface area (Å²) in [5.74, 6) is -0.409. The van der Waals surface area contributed by atoms with E-state index in [1.807, 2.05) is 30.3 Å². The lowest BCUT2D eigenvalue weighted by atomic mass is 10.1. The summed E-state index contributed by atoms with van der Waals surface area (Å²) in [7, 11) is 0. The predicted octanol–water partition coefficient (Wildman–Crippen LogP) is 4.18. The third-order valence-electron chi connectivity index (χ3n) is 4.50. The normalized spacial score (nSPS) is 12.5. The summed E-state index contributed by atoms with van der Waals surface area (Å²) < 4.78 is 10.2. The smallest absolute Gasteiger partial charge is 0.259 e. The molecule has 1 aliphatic rings. The molecule has 1 aliphatic heterocycles. The van der Waals surface area contributed by atoms with Crippen LogP contribution in [-0.4, -0.2) is 31.6 Å². The molecule has 2 heterocycles. The monoisotopic (exact) mass is 419 g/mol. The molecule has 0 spiro atoms. The Morgan fingerprint density at radius 2 is 2.07 bits per heavy atom. The van der Waals surface area contributed by atoms with E-state index < -0.39 is 0 Å². The molecule has 0 saturated heterocycles. The zero-order valence-corrected chi connectivity index (χ0v) is 16.6. The van der Waals surface area contributed by atoms with Crippen LogP contribution >= 0.6 is 11.8 Å². The van der Waals surface area contributed by atoms with Crippen LogP contribution in [0.2, 0.25) is 0 Å². The lowest BCUT2D eigenvalue weighted by Gasteiger charge is -2.23. The molecule has 1 aromatic heterocycles. The molecule has 0 fully saturated rings. The van der Waals surface area contributed by atoms with Gasteiger partial charge in [-0.2, -0.15) is 5.26 Å². The number of benzene rings is 2. The highest BCUT2D eigenvalue weighted by Crippen LogP contribution is 2.42. The first-order chi connectivity index (χ1) is 14.7. The minimum atomic E-state index is -0.277. The van der Waals surface area contributed by atoms with Crippen LogP contribution in [0.15, 0.2) is 75.3 Å². The predicted molar refractivity (Wildman–Crippen MR) is 112 cm³/mol. The molecule has 1 N–H and O–H groups in total. The van der Waals surface area contributed by atoms with Crippen molar-refractivity contribution >= 4 is 35.0 Å². The molecule has 30 heavy (non-hydrogen) atoms. The third kappa shape index (κ3) is 4.08. The van der Waals surface area contributed by atoms with Crippen LogP contribution in [0.3, 0.4) is 0 Å². The first-order valence-corrected chi connectivity index (χ1v) is 10.00. The van der Waals surface area contributed by atoms with Crippen molar-refractivity contribution in [2.75, 3.05) is 30.0 Å². The standard InChI is InChI=1S/C22H17N3O4S/c23-8-11-28-12-9-25-18-6-5-16(24-21(26)15-7-10-29-14-15)13-20(18)30-19-4-2-1-3-17(19)22(25)27/h1-7,10,13-14H,9,11-12H2,(H,24,26). The number of furan rings is 1. The summed E-state index contributed by atoms with van der Waals surface area (Å²) >= 11 is 1.47. The van der Waals surface area contributed by atoms with E-state index in [1.54, 1.807) is 29.2 Å². The van der Waals surface area contributed by atoms with Crippen LogP contribution < -0.4 is 10.2 Å². The van der Waals surface area contributed by atoms with Gasteiger partial charge in [0.15, 0.2) is 0 Å². The van der Waals surface area contributed by atoms with Crippen molar-refractivity contribution in [1.29, 1.82) is 5.26 Å². The Morgan fingerprint density at radius 3 is 2.87 bits per heavy atom. The molecule has 0 unspecified atom stereocenters. The molecule has 150 valence electrons. The van der Waals surface area contributed by atoms with E-state index in [1.165, 1.54) is 24.3 Å². The van der Waals surface area contributed by atoms with Gasteiger partial charge in [-0.1, -0.05) is 23.9 Å². The number of nitriles is 1. The molecule has 3 aromatic rings. The molecule has 2 amide bonds. The van der Waals surface area contributed by atoms with Crippen molar-refractivity contribution in [3.8, 4) is 6.07 Å². The SMILES string of the molecule is N#CCOCCN1C(=O)c2ccccc2Sc2cc(NC(=O)c3ccoc3)ccc21. The van der Waals surface area contributed by atoms with E-state index in [0.717, 1.165) is 15.5 Å². The summed E-state index contributed by atoms with van der Waals surface area (Å²) in [5.41, 5.74) is 2.36. The molecular formula is C22H17N3O4S. The molecular weight excluding hydrogens is 402 g/mol. The number of anilines is 2. The molecule has 8 heteroatoms. The van der Waals surface area contributed by atoms with Gasteiger partial charge in [0, 0.05) is 22.0 Å². The Hall–Kier alpha value is -3.54. The maximum Gasteiger partial charge on any atom is 0.259 e. The molecule has 2 aromatic carbocycles. The van der Waals surface area contributed by atoms with Crippen molar-refractivity contribution in [3.05, 3.63) is 72.2 Å². The van der Waals surface area contributed by atoms with Gasteiger partial charge in [0.25, 0.3) is 11.8 Å².